The molecule has 1 aliphatic heterocycles. The van der Waals surface area contributed by atoms with Crippen LogP contribution in [0.5, 0.6) is 0 Å². The largest absolute Gasteiger partial charge is 0.452 e. The molecular weight excluding hydrogens is 364 g/mol. The van der Waals surface area contributed by atoms with Crippen molar-refractivity contribution in [3.63, 3.8) is 0 Å². The number of pyridine rings is 1. The topological polar surface area (TPSA) is 106 Å². The highest BCUT2D eigenvalue weighted by Crippen LogP contribution is 2.22. The average molecular weight is 384 g/mol. The van der Waals surface area contributed by atoms with Crippen molar-refractivity contribution in [2.24, 2.45) is 0 Å². The zero-order chi connectivity index (χ0) is 20.1. The molecule has 2 aromatic rings. The lowest BCUT2D eigenvalue weighted by Crippen LogP contribution is -2.50. The van der Waals surface area contributed by atoms with E-state index in [4.69, 9.17) is 4.74 Å². The van der Waals surface area contributed by atoms with E-state index in [1.807, 2.05) is 18.2 Å². The number of hydrogen-bond donors (Lipinski definition) is 0. The number of aromatic nitrogens is 1. The van der Waals surface area contributed by atoms with Crippen LogP contribution in [0.2, 0.25) is 0 Å². The Kier molecular flexibility index (Phi) is 5.83. The monoisotopic (exact) mass is 384 g/mol. The number of nitro groups is 1. The smallest absolute Gasteiger partial charge is 0.345 e. The van der Waals surface area contributed by atoms with E-state index in [1.54, 1.807) is 24.1 Å². The maximum absolute atomic E-state index is 12.4. The Morgan fingerprint density at radius 2 is 1.89 bits per heavy atom. The standard InChI is InChI=1S/C19H20N4O5/c1-14-5-4-6-15(23(26)27)18(14)19(25)28-13-17(24)22-11-9-21(10-12-22)16-7-2-3-8-20-16/h2-8H,9-13H2,1H3. The fourth-order valence-corrected chi connectivity index (χ4v) is 3.09. The maximum Gasteiger partial charge on any atom is 0.345 e. The second-order valence-electron chi connectivity index (χ2n) is 6.36. The lowest BCUT2D eigenvalue weighted by Gasteiger charge is -2.35. The first-order valence-electron chi connectivity index (χ1n) is 8.82. The van der Waals surface area contributed by atoms with E-state index in [0.717, 1.165) is 5.82 Å². The molecule has 1 aromatic heterocycles. The minimum Gasteiger partial charge on any atom is -0.452 e. The van der Waals surface area contributed by atoms with Crippen LogP contribution >= 0.6 is 0 Å². The van der Waals surface area contributed by atoms with Gasteiger partial charge < -0.3 is 14.5 Å². The molecule has 9 heteroatoms. The lowest BCUT2D eigenvalue weighted by atomic mass is 10.1. The van der Waals surface area contributed by atoms with Crippen LogP contribution in [-0.2, 0) is 9.53 Å². The number of aryl methyl sites for hydroxylation is 1. The number of nitro benzene ring substituents is 1. The Balaban J connectivity index is 1.55. The van der Waals surface area contributed by atoms with Crippen LogP contribution in [-0.4, -0.2) is 59.5 Å². The summed E-state index contributed by atoms with van der Waals surface area (Å²) in [6.07, 6.45) is 1.72. The number of esters is 1. The molecule has 0 N–H and O–H groups in total. The molecule has 0 unspecified atom stereocenters. The van der Waals surface area contributed by atoms with Crippen molar-refractivity contribution in [2.45, 2.75) is 6.92 Å². The zero-order valence-corrected chi connectivity index (χ0v) is 15.4. The number of anilines is 1. The molecule has 1 aliphatic rings. The third-order valence-electron chi connectivity index (χ3n) is 4.58. The van der Waals surface area contributed by atoms with Crippen LogP contribution < -0.4 is 4.90 Å². The van der Waals surface area contributed by atoms with Crippen molar-refractivity contribution < 1.29 is 19.2 Å². The number of piperazine rings is 1. The van der Waals surface area contributed by atoms with E-state index in [1.165, 1.54) is 12.1 Å². The first-order chi connectivity index (χ1) is 13.5. The highest BCUT2D eigenvalue weighted by atomic mass is 16.6. The Bertz CT molecular complexity index is 879. The van der Waals surface area contributed by atoms with Gasteiger partial charge in [0.15, 0.2) is 6.61 Å². The van der Waals surface area contributed by atoms with Crippen molar-refractivity contribution in [1.82, 2.24) is 9.88 Å². The maximum atomic E-state index is 12.4. The number of rotatable bonds is 5. The first kappa shape index (κ1) is 19.3. The van der Waals surface area contributed by atoms with Gasteiger partial charge in [0.05, 0.1) is 4.92 Å². The highest BCUT2D eigenvalue weighted by molar-refractivity contribution is 5.96. The van der Waals surface area contributed by atoms with Crippen LogP contribution in [0.1, 0.15) is 15.9 Å². The summed E-state index contributed by atoms with van der Waals surface area (Å²) in [5.74, 6) is -0.344. The van der Waals surface area contributed by atoms with Gasteiger partial charge in [-0.15, -0.1) is 0 Å². The average Bonchev–Trinajstić information content (AvgIpc) is 2.72. The third kappa shape index (κ3) is 4.25. The van der Waals surface area contributed by atoms with Gasteiger partial charge in [-0.1, -0.05) is 18.2 Å². The minimum atomic E-state index is -0.870. The summed E-state index contributed by atoms with van der Waals surface area (Å²) < 4.78 is 5.07. The summed E-state index contributed by atoms with van der Waals surface area (Å²) in [5.41, 5.74) is -0.0303. The summed E-state index contributed by atoms with van der Waals surface area (Å²) >= 11 is 0. The number of hydrogen-bond acceptors (Lipinski definition) is 7. The Morgan fingerprint density at radius 3 is 2.54 bits per heavy atom. The van der Waals surface area contributed by atoms with Gasteiger partial charge in [0.1, 0.15) is 11.4 Å². The Labute approximate surface area is 161 Å². The molecule has 0 bridgehead atoms. The predicted octanol–water partition coefficient (Wildman–Crippen LogP) is 1.80. The van der Waals surface area contributed by atoms with Gasteiger partial charge in [0, 0.05) is 38.4 Å². The molecule has 0 aliphatic carbocycles. The second-order valence-corrected chi connectivity index (χ2v) is 6.36. The van der Waals surface area contributed by atoms with Crippen LogP contribution in [0.3, 0.4) is 0 Å². The molecule has 0 spiro atoms. The van der Waals surface area contributed by atoms with Gasteiger partial charge in [0.25, 0.3) is 11.6 Å². The number of nitrogens with zero attached hydrogens (tertiary/aromatic N) is 4. The van der Waals surface area contributed by atoms with E-state index in [9.17, 15) is 19.7 Å². The van der Waals surface area contributed by atoms with E-state index >= 15 is 0 Å². The number of carbonyl (C=O) groups excluding carboxylic acids is 2. The van der Waals surface area contributed by atoms with E-state index in [-0.39, 0.29) is 17.2 Å². The zero-order valence-electron chi connectivity index (χ0n) is 15.4. The van der Waals surface area contributed by atoms with Gasteiger partial charge in [-0.3, -0.25) is 14.9 Å². The lowest BCUT2D eigenvalue weighted by molar-refractivity contribution is -0.385. The molecule has 0 atom stereocenters. The fourth-order valence-electron chi connectivity index (χ4n) is 3.09. The van der Waals surface area contributed by atoms with Gasteiger partial charge in [-0.2, -0.15) is 0 Å². The summed E-state index contributed by atoms with van der Waals surface area (Å²) in [6, 6.07) is 9.98. The summed E-state index contributed by atoms with van der Waals surface area (Å²) in [5, 5.41) is 11.1. The van der Waals surface area contributed by atoms with Crippen molar-refractivity contribution in [1.29, 1.82) is 0 Å². The van der Waals surface area contributed by atoms with Crippen LogP contribution in [0, 0.1) is 17.0 Å². The molecule has 9 nitrogen and oxygen atoms in total. The van der Waals surface area contributed by atoms with E-state index in [0.29, 0.717) is 31.7 Å². The molecule has 28 heavy (non-hydrogen) atoms. The molecule has 1 fully saturated rings. The molecular formula is C19H20N4O5. The SMILES string of the molecule is Cc1cccc([N+](=O)[O-])c1C(=O)OCC(=O)N1CCN(c2ccccn2)CC1. The molecule has 2 heterocycles. The molecule has 1 saturated heterocycles. The minimum absolute atomic E-state index is 0.125. The summed E-state index contributed by atoms with van der Waals surface area (Å²) in [7, 11) is 0. The molecule has 3 rings (SSSR count). The molecule has 146 valence electrons. The van der Waals surface area contributed by atoms with E-state index < -0.39 is 17.5 Å². The predicted molar refractivity (Wildman–Crippen MR) is 101 cm³/mol. The van der Waals surface area contributed by atoms with E-state index in [2.05, 4.69) is 9.88 Å². The first-order valence-corrected chi connectivity index (χ1v) is 8.82. The number of amides is 1. The van der Waals surface area contributed by atoms with Gasteiger partial charge in [0.2, 0.25) is 0 Å². The quantitative estimate of drug-likeness (QED) is 0.440. The Hall–Kier alpha value is -3.49. The molecule has 1 aromatic carbocycles. The Morgan fingerprint density at radius 1 is 1.14 bits per heavy atom. The van der Waals surface area contributed by atoms with Gasteiger partial charge in [-0.25, -0.2) is 9.78 Å². The molecule has 0 radical (unpaired) electrons. The summed E-state index contributed by atoms with van der Waals surface area (Å²) in [4.78, 5) is 43.1. The van der Waals surface area contributed by atoms with Crippen molar-refractivity contribution in [3.05, 3.63) is 63.8 Å². The van der Waals surface area contributed by atoms with Crippen LogP contribution in [0.15, 0.2) is 42.6 Å². The third-order valence-corrected chi connectivity index (χ3v) is 4.58. The highest BCUT2D eigenvalue weighted by Gasteiger charge is 2.26. The summed E-state index contributed by atoms with van der Waals surface area (Å²) in [6.45, 7) is 3.35. The number of ether oxygens (including phenoxy) is 1. The van der Waals surface area contributed by atoms with Crippen molar-refractivity contribution >= 4 is 23.4 Å². The van der Waals surface area contributed by atoms with Crippen LogP contribution in [0.25, 0.3) is 0 Å². The van der Waals surface area contributed by atoms with Crippen LogP contribution in [0.4, 0.5) is 11.5 Å². The fraction of sp³-hybridized carbons (Fsp3) is 0.316. The number of benzene rings is 1. The molecule has 1 amide bonds. The van der Waals surface area contributed by atoms with Crippen molar-refractivity contribution in [2.75, 3.05) is 37.7 Å². The number of carbonyl (C=O) groups is 2. The normalized spacial score (nSPS) is 13.9. The second kappa shape index (κ2) is 8.47. The van der Waals surface area contributed by atoms with Gasteiger partial charge in [-0.05, 0) is 24.6 Å². The van der Waals surface area contributed by atoms with Gasteiger partial charge >= 0.3 is 5.97 Å². The van der Waals surface area contributed by atoms with Crippen molar-refractivity contribution in [3.8, 4) is 0 Å². The molecule has 0 saturated carbocycles.